The van der Waals surface area contributed by atoms with Crippen molar-refractivity contribution in [2.45, 2.75) is 6.92 Å². The van der Waals surface area contributed by atoms with Crippen molar-refractivity contribution in [2.75, 3.05) is 12.3 Å². The maximum Gasteiger partial charge on any atom is 0.359 e. The number of carbonyl (C=O) groups is 1. The van der Waals surface area contributed by atoms with Crippen molar-refractivity contribution in [3.8, 4) is 27.0 Å². The lowest BCUT2D eigenvalue weighted by Gasteiger charge is -2.07. The van der Waals surface area contributed by atoms with Gasteiger partial charge in [0.15, 0.2) is 5.69 Å². The molecule has 0 bridgehead atoms. The van der Waals surface area contributed by atoms with E-state index < -0.39 is 5.97 Å². The first-order valence-electron chi connectivity index (χ1n) is 8.30. The topological polar surface area (TPSA) is 83.0 Å². The quantitative estimate of drug-likeness (QED) is 0.503. The minimum Gasteiger partial charge on any atom is -0.461 e. The first kappa shape index (κ1) is 17.4. The van der Waals surface area contributed by atoms with E-state index in [2.05, 4.69) is 10.1 Å². The van der Waals surface area contributed by atoms with Crippen molar-refractivity contribution < 1.29 is 9.53 Å². The minimum absolute atomic E-state index is 0.214. The summed E-state index contributed by atoms with van der Waals surface area (Å²) in [4.78, 5) is 18.2. The van der Waals surface area contributed by atoms with E-state index in [-0.39, 0.29) is 18.0 Å². The molecule has 0 spiro atoms. The van der Waals surface area contributed by atoms with Crippen LogP contribution in [-0.4, -0.2) is 27.3 Å². The molecule has 2 N–H and O–H groups in total. The largest absolute Gasteiger partial charge is 0.461 e. The Kier molecular flexibility index (Phi) is 4.74. The molecule has 27 heavy (non-hydrogen) atoms. The van der Waals surface area contributed by atoms with Gasteiger partial charge in [-0.3, -0.25) is 0 Å². The van der Waals surface area contributed by atoms with Gasteiger partial charge in [-0.15, -0.1) is 22.7 Å². The van der Waals surface area contributed by atoms with E-state index in [1.54, 1.807) is 18.3 Å². The third kappa shape index (κ3) is 3.24. The van der Waals surface area contributed by atoms with Crippen LogP contribution in [0.3, 0.4) is 0 Å². The maximum absolute atomic E-state index is 12.5. The van der Waals surface area contributed by atoms with Crippen molar-refractivity contribution in [2.24, 2.45) is 0 Å². The van der Waals surface area contributed by atoms with Crippen LogP contribution in [0.25, 0.3) is 27.0 Å². The van der Waals surface area contributed by atoms with Crippen LogP contribution in [0.1, 0.15) is 17.4 Å². The number of anilines is 1. The molecule has 0 saturated heterocycles. The van der Waals surface area contributed by atoms with Gasteiger partial charge in [0.05, 0.1) is 28.6 Å². The summed E-state index contributed by atoms with van der Waals surface area (Å²) in [6.07, 6.45) is 0. The molecular formula is C19H16N4O2S2. The van der Waals surface area contributed by atoms with Crippen molar-refractivity contribution in [1.82, 2.24) is 14.8 Å². The van der Waals surface area contributed by atoms with Gasteiger partial charge >= 0.3 is 5.97 Å². The van der Waals surface area contributed by atoms with Gasteiger partial charge in [-0.05, 0) is 30.5 Å². The van der Waals surface area contributed by atoms with Gasteiger partial charge in [0, 0.05) is 5.38 Å². The highest BCUT2D eigenvalue weighted by Crippen LogP contribution is 2.35. The summed E-state index contributed by atoms with van der Waals surface area (Å²) in [5, 5.41) is 9.22. The Morgan fingerprint density at radius 2 is 2.00 bits per heavy atom. The van der Waals surface area contributed by atoms with E-state index in [1.807, 2.05) is 53.2 Å². The molecule has 1 aromatic carbocycles. The fourth-order valence-corrected chi connectivity index (χ4v) is 4.24. The van der Waals surface area contributed by atoms with Gasteiger partial charge in [0.1, 0.15) is 10.7 Å². The van der Waals surface area contributed by atoms with Crippen LogP contribution in [-0.2, 0) is 4.74 Å². The van der Waals surface area contributed by atoms with E-state index >= 15 is 0 Å². The number of nitrogens with two attached hydrogens (primary N) is 1. The molecule has 0 saturated carbocycles. The summed E-state index contributed by atoms with van der Waals surface area (Å²) >= 11 is 3.06. The lowest BCUT2D eigenvalue weighted by atomic mass is 10.2. The second-order valence-electron chi connectivity index (χ2n) is 5.59. The monoisotopic (exact) mass is 396 g/mol. The number of benzene rings is 1. The lowest BCUT2D eigenvalue weighted by Crippen LogP contribution is -2.13. The fraction of sp³-hybridized carbons (Fsp3) is 0.105. The van der Waals surface area contributed by atoms with Gasteiger partial charge in [0.25, 0.3) is 0 Å². The average molecular weight is 396 g/mol. The zero-order chi connectivity index (χ0) is 18.8. The second kappa shape index (κ2) is 7.34. The van der Waals surface area contributed by atoms with Crippen LogP contribution < -0.4 is 5.73 Å². The Morgan fingerprint density at radius 3 is 2.70 bits per heavy atom. The molecule has 0 aliphatic heterocycles. The average Bonchev–Trinajstić information content (AvgIpc) is 3.42. The van der Waals surface area contributed by atoms with Gasteiger partial charge in [-0.1, -0.05) is 24.3 Å². The zero-order valence-electron chi connectivity index (χ0n) is 14.5. The number of hydrogen-bond donors (Lipinski definition) is 1. The fourth-order valence-electron chi connectivity index (χ4n) is 2.66. The third-order valence-electron chi connectivity index (χ3n) is 3.87. The molecule has 0 amide bonds. The van der Waals surface area contributed by atoms with Crippen molar-refractivity contribution >= 4 is 34.3 Å². The summed E-state index contributed by atoms with van der Waals surface area (Å²) in [6, 6.07) is 13.4. The molecule has 0 aliphatic carbocycles. The molecule has 8 heteroatoms. The summed E-state index contributed by atoms with van der Waals surface area (Å²) in [7, 11) is 0. The first-order chi connectivity index (χ1) is 13.2. The van der Waals surface area contributed by atoms with Crippen LogP contribution in [0.5, 0.6) is 0 Å². The summed E-state index contributed by atoms with van der Waals surface area (Å²) in [5.41, 5.74) is 8.88. The summed E-state index contributed by atoms with van der Waals surface area (Å²) < 4.78 is 6.71. The number of ether oxygens (including phenoxy) is 1. The zero-order valence-corrected chi connectivity index (χ0v) is 16.1. The number of nitrogens with zero attached hydrogens (tertiary/aromatic N) is 3. The highest BCUT2D eigenvalue weighted by atomic mass is 32.1. The maximum atomic E-state index is 12.5. The number of carbonyl (C=O) groups excluding carboxylic acids is 1. The Balaban J connectivity index is 1.83. The van der Waals surface area contributed by atoms with Crippen LogP contribution >= 0.6 is 22.7 Å². The molecule has 0 aliphatic rings. The van der Waals surface area contributed by atoms with Crippen molar-refractivity contribution in [1.29, 1.82) is 0 Å². The molecule has 6 nitrogen and oxygen atoms in total. The second-order valence-corrected chi connectivity index (χ2v) is 7.40. The highest BCUT2D eigenvalue weighted by Gasteiger charge is 2.26. The SMILES string of the molecule is CCOC(=O)c1c(N)c(-c2nc(-c3cccs3)cs2)nn1-c1ccccc1. The molecule has 136 valence electrons. The third-order valence-corrected chi connectivity index (χ3v) is 5.61. The van der Waals surface area contributed by atoms with Gasteiger partial charge < -0.3 is 10.5 Å². The number of esters is 1. The van der Waals surface area contributed by atoms with E-state index in [0.717, 1.165) is 16.3 Å². The Labute approximate surface area is 163 Å². The van der Waals surface area contributed by atoms with Gasteiger partial charge in [0.2, 0.25) is 0 Å². The van der Waals surface area contributed by atoms with E-state index in [9.17, 15) is 4.79 Å². The number of aromatic nitrogens is 3. The molecule has 3 heterocycles. The van der Waals surface area contributed by atoms with E-state index in [4.69, 9.17) is 10.5 Å². The molecule has 0 atom stereocenters. The minimum atomic E-state index is -0.507. The predicted molar refractivity (Wildman–Crippen MR) is 108 cm³/mol. The number of nitrogen functional groups attached to an aromatic ring is 1. The predicted octanol–water partition coefficient (Wildman–Crippen LogP) is 4.48. The number of thiazole rings is 1. The highest BCUT2D eigenvalue weighted by molar-refractivity contribution is 7.15. The summed E-state index contributed by atoms with van der Waals surface area (Å²) in [5.74, 6) is -0.507. The Morgan fingerprint density at radius 1 is 1.19 bits per heavy atom. The normalized spacial score (nSPS) is 10.9. The van der Waals surface area contributed by atoms with E-state index in [0.29, 0.717) is 10.7 Å². The number of thiophene rings is 1. The van der Waals surface area contributed by atoms with Crippen molar-refractivity contribution in [3.63, 3.8) is 0 Å². The van der Waals surface area contributed by atoms with Crippen LogP contribution in [0, 0.1) is 0 Å². The number of rotatable bonds is 5. The van der Waals surface area contributed by atoms with Crippen LogP contribution in [0.4, 0.5) is 5.69 Å². The lowest BCUT2D eigenvalue weighted by molar-refractivity contribution is 0.0517. The molecule has 0 unspecified atom stereocenters. The molecule has 4 rings (SSSR count). The number of para-hydroxylation sites is 1. The molecule has 4 aromatic rings. The first-order valence-corrected chi connectivity index (χ1v) is 10.1. The van der Waals surface area contributed by atoms with Gasteiger partial charge in [-0.2, -0.15) is 5.10 Å². The molecule has 3 aromatic heterocycles. The molecule has 0 fully saturated rings. The summed E-state index contributed by atoms with van der Waals surface area (Å²) in [6.45, 7) is 2.01. The standard InChI is InChI=1S/C19H16N4O2S2/c1-2-25-19(24)17-15(20)16(22-23(17)12-7-4-3-5-8-12)18-21-13(11-27-18)14-9-6-10-26-14/h3-11H,2,20H2,1H3. The molecular weight excluding hydrogens is 380 g/mol. The molecule has 0 radical (unpaired) electrons. The van der Waals surface area contributed by atoms with Crippen molar-refractivity contribution in [3.05, 3.63) is 58.9 Å². The number of hydrogen-bond acceptors (Lipinski definition) is 7. The smallest absolute Gasteiger partial charge is 0.359 e. The Hall–Kier alpha value is -2.97. The van der Waals surface area contributed by atoms with Gasteiger partial charge in [-0.25, -0.2) is 14.5 Å². The van der Waals surface area contributed by atoms with Crippen LogP contribution in [0.15, 0.2) is 53.2 Å². The van der Waals surface area contributed by atoms with Crippen LogP contribution in [0.2, 0.25) is 0 Å². The van der Waals surface area contributed by atoms with E-state index in [1.165, 1.54) is 16.0 Å². The Bertz CT molecular complexity index is 1070.